The van der Waals surface area contributed by atoms with Crippen molar-refractivity contribution in [3.05, 3.63) is 64.6 Å². The molecule has 2 aromatic heterocycles. The Labute approximate surface area is 272 Å². The molecule has 11 nitrogen and oxygen atoms in total. The van der Waals surface area contributed by atoms with Gasteiger partial charge in [0.2, 0.25) is 11.8 Å². The van der Waals surface area contributed by atoms with Gasteiger partial charge in [0, 0.05) is 38.2 Å². The molecule has 2 amide bonds. The van der Waals surface area contributed by atoms with E-state index in [1.165, 1.54) is 13.3 Å². The molecule has 260 valence electrons. The molecule has 0 unspecified atom stereocenters. The quantitative estimate of drug-likeness (QED) is 0.262. The SMILES string of the molecule is CC[C@@H]1C[C@H](Nc2ncc(N3CCOCC3)c(Cc3cc(C(F)(F)F)cc(C(F)(F)F)c3)n2)c2nc(OC)ccc2N1C(=O)NCCO. The summed E-state index contributed by atoms with van der Waals surface area (Å²) < 4.78 is 92.7. The fourth-order valence-corrected chi connectivity index (χ4v) is 5.86. The standard InChI is InChI=1S/C31H35F6N7O4/c1-3-21-16-23(27-24(4-5-26(42-27)47-2)44(21)29(46)38-6-9-45)41-28-39-17-25(43-7-10-48-11-8-43)22(40-28)14-18-12-19(30(32,33)34)15-20(13-18)31(35,36)37/h4-5,12-13,15,17,21,23,45H,3,6-11,14,16H2,1-2H3,(H,38,46)(H,39,40,41)/t21-,23+/m1/s1. The van der Waals surface area contributed by atoms with E-state index in [-0.39, 0.29) is 54.8 Å². The molecule has 0 bridgehead atoms. The van der Waals surface area contributed by atoms with Gasteiger partial charge in [-0.15, -0.1) is 0 Å². The minimum absolute atomic E-state index is 0.0504. The molecule has 2 atom stereocenters. The molecule has 48 heavy (non-hydrogen) atoms. The van der Waals surface area contributed by atoms with E-state index in [0.717, 1.165) is 0 Å². The highest BCUT2D eigenvalue weighted by molar-refractivity contribution is 5.94. The van der Waals surface area contributed by atoms with Crippen LogP contribution in [0.5, 0.6) is 5.88 Å². The van der Waals surface area contributed by atoms with Gasteiger partial charge in [0.15, 0.2) is 0 Å². The number of rotatable bonds is 9. The molecule has 0 spiro atoms. The number of morpholine rings is 1. The number of carbonyl (C=O) groups is 1. The number of hydrogen-bond donors (Lipinski definition) is 3. The van der Waals surface area contributed by atoms with Crippen molar-refractivity contribution >= 4 is 23.4 Å². The number of carbonyl (C=O) groups excluding carboxylic acids is 1. The Balaban J connectivity index is 1.54. The van der Waals surface area contributed by atoms with Crippen molar-refractivity contribution in [3.8, 4) is 5.88 Å². The summed E-state index contributed by atoms with van der Waals surface area (Å²) in [7, 11) is 1.44. The zero-order valence-electron chi connectivity index (χ0n) is 26.2. The van der Waals surface area contributed by atoms with Crippen LogP contribution in [0.3, 0.4) is 0 Å². The van der Waals surface area contributed by atoms with Gasteiger partial charge in [-0.3, -0.25) is 4.90 Å². The topological polar surface area (TPSA) is 125 Å². The summed E-state index contributed by atoms with van der Waals surface area (Å²) in [6.45, 7) is 3.30. The Morgan fingerprint density at radius 2 is 1.73 bits per heavy atom. The predicted molar refractivity (Wildman–Crippen MR) is 163 cm³/mol. The number of amides is 2. The average Bonchev–Trinajstić information content (AvgIpc) is 3.06. The lowest BCUT2D eigenvalue weighted by molar-refractivity contribution is -0.143. The molecular weight excluding hydrogens is 648 g/mol. The molecule has 3 aromatic rings. The van der Waals surface area contributed by atoms with E-state index in [4.69, 9.17) is 9.47 Å². The second-order valence-corrected chi connectivity index (χ2v) is 11.3. The molecule has 1 fully saturated rings. The van der Waals surface area contributed by atoms with Crippen LogP contribution in [0.4, 0.5) is 48.5 Å². The Bertz CT molecular complexity index is 1570. The van der Waals surface area contributed by atoms with Crippen molar-refractivity contribution in [1.29, 1.82) is 0 Å². The van der Waals surface area contributed by atoms with Gasteiger partial charge in [-0.05, 0) is 42.7 Å². The number of methoxy groups -OCH3 is 1. The first-order valence-electron chi connectivity index (χ1n) is 15.3. The van der Waals surface area contributed by atoms with Crippen LogP contribution < -0.4 is 25.2 Å². The zero-order valence-corrected chi connectivity index (χ0v) is 26.2. The fraction of sp³-hybridized carbons (Fsp3) is 0.484. The lowest BCUT2D eigenvalue weighted by Crippen LogP contribution is -2.50. The van der Waals surface area contributed by atoms with Crippen molar-refractivity contribution < 1.29 is 45.7 Å². The first kappa shape index (κ1) is 34.9. The van der Waals surface area contributed by atoms with Gasteiger partial charge in [0.25, 0.3) is 0 Å². The molecule has 0 aliphatic carbocycles. The number of anilines is 3. The van der Waals surface area contributed by atoms with E-state index in [1.807, 2.05) is 11.8 Å². The minimum atomic E-state index is -5.00. The highest BCUT2D eigenvalue weighted by atomic mass is 19.4. The van der Waals surface area contributed by atoms with Crippen LogP contribution in [0.2, 0.25) is 0 Å². The number of aliphatic hydroxyl groups is 1. The first-order valence-corrected chi connectivity index (χ1v) is 15.3. The van der Waals surface area contributed by atoms with Gasteiger partial charge in [-0.25, -0.2) is 19.7 Å². The van der Waals surface area contributed by atoms with Crippen LogP contribution in [-0.4, -0.2) is 78.7 Å². The van der Waals surface area contributed by atoms with Gasteiger partial charge in [0.1, 0.15) is 0 Å². The lowest BCUT2D eigenvalue weighted by atomic mass is 9.93. The first-order chi connectivity index (χ1) is 22.8. The zero-order chi connectivity index (χ0) is 34.6. The number of alkyl halides is 6. The maximum absolute atomic E-state index is 13.7. The maximum atomic E-state index is 13.7. The van der Waals surface area contributed by atoms with Crippen LogP contribution in [0.1, 0.15) is 53.9 Å². The summed E-state index contributed by atoms with van der Waals surface area (Å²) in [5.74, 6) is 0.346. The largest absolute Gasteiger partial charge is 0.481 e. The van der Waals surface area contributed by atoms with Gasteiger partial charge in [-0.1, -0.05) is 6.92 Å². The lowest BCUT2D eigenvalue weighted by Gasteiger charge is -2.40. The summed E-state index contributed by atoms with van der Waals surface area (Å²) in [5, 5.41) is 15.1. The van der Waals surface area contributed by atoms with Crippen LogP contribution in [0.15, 0.2) is 36.5 Å². The number of hydrogen-bond acceptors (Lipinski definition) is 9. The minimum Gasteiger partial charge on any atom is -0.481 e. The molecule has 2 aliphatic heterocycles. The van der Waals surface area contributed by atoms with E-state index in [1.54, 1.807) is 17.0 Å². The van der Waals surface area contributed by atoms with Crippen molar-refractivity contribution in [2.24, 2.45) is 0 Å². The van der Waals surface area contributed by atoms with Crippen molar-refractivity contribution in [2.75, 3.05) is 61.7 Å². The third-order valence-corrected chi connectivity index (χ3v) is 8.15. The Morgan fingerprint density at radius 3 is 2.33 bits per heavy atom. The number of aromatic nitrogens is 3. The molecule has 3 N–H and O–H groups in total. The number of ether oxygens (including phenoxy) is 2. The number of urea groups is 1. The van der Waals surface area contributed by atoms with Crippen LogP contribution in [0, 0.1) is 0 Å². The number of nitrogens with one attached hydrogen (secondary N) is 2. The number of aliphatic hydroxyl groups excluding tert-OH is 1. The highest BCUT2D eigenvalue weighted by Crippen LogP contribution is 2.41. The van der Waals surface area contributed by atoms with Gasteiger partial charge < -0.3 is 30.1 Å². The van der Waals surface area contributed by atoms with E-state index >= 15 is 0 Å². The van der Waals surface area contributed by atoms with Gasteiger partial charge in [-0.2, -0.15) is 26.3 Å². The molecule has 1 saturated heterocycles. The molecule has 17 heteroatoms. The molecule has 2 aliphatic rings. The van der Waals surface area contributed by atoms with E-state index in [2.05, 4.69) is 25.6 Å². The Kier molecular flexibility index (Phi) is 10.5. The summed E-state index contributed by atoms with van der Waals surface area (Å²) in [4.78, 5) is 30.3. The van der Waals surface area contributed by atoms with E-state index in [9.17, 15) is 36.2 Å². The second kappa shape index (κ2) is 14.4. The van der Waals surface area contributed by atoms with Crippen molar-refractivity contribution in [2.45, 2.75) is 50.6 Å². The number of nitrogens with zero attached hydrogens (tertiary/aromatic N) is 5. The molecule has 1 aromatic carbocycles. The highest BCUT2D eigenvalue weighted by Gasteiger charge is 2.39. The number of pyridine rings is 1. The van der Waals surface area contributed by atoms with Gasteiger partial charge in [0.05, 0.1) is 73.1 Å². The van der Waals surface area contributed by atoms with Crippen LogP contribution >= 0.6 is 0 Å². The monoisotopic (exact) mass is 683 g/mol. The number of benzene rings is 1. The molecule has 4 heterocycles. The van der Waals surface area contributed by atoms with Crippen molar-refractivity contribution in [1.82, 2.24) is 20.3 Å². The van der Waals surface area contributed by atoms with E-state index in [0.29, 0.717) is 68.3 Å². The van der Waals surface area contributed by atoms with E-state index < -0.39 is 35.6 Å². The summed E-state index contributed by atoms with van der Waals surface area (Å²) >= 11 is 0. The Hall–Kier alpha value is -4.38. The summed E-state index contributed by atoms with van der Waals surface area (Å²) in [6.07, 6.45) is -7.95. The number of halogens is 6. The predicted octanol–water partition coefficient (Wildman–Crippen LogP) is 5.19. The smallest absolute Gasteiger partial charge is 0.416 e. The fourth-order valence-electron chi connectivity index (χ4n) is 5.86. The van der Waals surface area contributed by atoms with Gasteiger partial charge >= 0.3 is 18.4 Å². The van der Waals surface area contributed by atoms with Crippen molar-refractivity contribution in [3.63, 3.8) is 0 Å². The molecule has 0 saturated carbocycles. The Morgan fingerprint density at radius 1 is 1.04 bits per heavy atom. The molecular formula is C31H35F6N7O4. The average molecular weight is 684 g/mol. The van der Waals surface area contributed by atoms with Crippen LogP contribution in [0.25, 0.3) is 0 Å². The third kappa shape index (κ3) is 7.84. The third-order valence-electron chi connectivity index (χ3n) is 8.15. The summed E-state index contributed by atoms with van der Waals surface area (Å²) in [6, 6.07) is 3.49. The second-order valence-electron chi connectivity index (χ2n) is 11.3. The maximum Gasteiger partial charge on any atom is 0.416 e. The number of fused-ring (bicyclic) bond motifs is 1. The summed E-state index contributed by atoms with van der Waals surface area (Å²) in [5.41, 5.74) is -1.45. The van der Waals surface area contributed by atoms with Crippen LogP contribution in [-0.2, 0) is 23.5 Å². The molecule has 0 radical (unpaired) electrons. The normalized spacial score (nSPS) is 18.4. The molecule has 5 rings (SSSR count).